The molecule has 0 amide bonds. The molecule has 1 aromatic carbocycles. The number of nitrogens with zero attached hydrogens (tertiary/aromatic N) is 1. The maximum Gasteiger partial charge on any atom is 0.159 e. The van der Waals surface area contributed by atoms with Gasteiger partial charge in [-0.2, -0.15) is 0 Å². The summed E-state index contributed by atoms with van der Waals surface area (Å²) in [5, 5.41) is 3.51. The summed E-state index contributed by atoms with van der Waals surface area (Å²) in [6, 6.07) is 4.81. The Hall–Kier alpha value is -1.00. The van der Waals surface area contributed by atoms with E-state index in [0.29, 0.717) is 6.04 Å². The van der Waals surface area contributed by atoms with Crippen LogP contribution in [0.3, 0.4) is 0 Å². The minimum Gasteiger partial charge on any atom is -0.314 e. The van der Waals surface area contributed by atoms with Gasteiger partial charge in [-0.25, -0.2) is 8.78 Å². The van der Waals surface area contributed by atoms with Gasteiger partial charge in [-0.1, -0.05) is 12.5 Å². The van der Waals surface area contributed by atoms with Crippen molar-refractivity contribution in [3.63, 3.8) is 0 Å². The highest BCUT2D eigenvalue weighted by Crippen LogP contribution is 2.27. The minimum atomic E-state index is -0.781. The molecule has 2 rings (SSSR count). The Balaban J connectivity index is 2.12. The molecule has 106 valence electrons. The van der Waals surface area contributed by atoms with E-state index < -0.39 is 11.6 Å². The largest absolute Gasteiger partial charge is 0.314 e. The molecular weight excluding hydrogens is 246 g/mol. The predicted octanol–water partition coefficient (Wildman–Crippen LogP) is 3.10. The standard InChI is InChI=1S/C15H22F2N2/c1-19(2)15(10-12-5-3-4-8-18-12)11-6-7-13(16)14(17)9-11/h6-7,9,12,15,18H,3-5,8,10H2,1-2H3. The Morgan fingerprint density at radius 3 is 2.63 bits per heavy atom. The normalized spacial score (nSPS) is 21.6. The Kier molecular flexibility index (Phi) is 4.88. The Labute approximate surface area is 113 Å². The molecule has 2 unspecified atom stereocenters. The summed E-state index contributed by atoms with van der Waals surface area (Å²) in [4.78, 5) is 2.07. The lowest BCUT2D eigenvalue weighted by molar-refractivity contribution is 0.239. The maximum absolute atomic E-state index is 13.4. The summed E-state index contributed by atoms with van der Waals surface area (Å²) in [5.41, 5.74) is 0.844. The Morgan fingerprint density at radius 2 is 2.05 bits per heavy atom. The van der Waals surface area contributed by atoms with Crippen LogP contribution in [0.2, 0.25) is 0 Å². The van der Waals surface area contributed by atoms with Crippen LogP contribution in [0.4, 0.5) is 8.78 Å². The molecule has 1 heterocycles. The highest BCUT2D eigenvalue weighted by atomic mass is 19.2. The fourth-order valence-corrected chi connectivity index (χ4v) is 2.76. The van der Waals surface area contributed by atoms with Gasteiger partial charge in [-0.05, 0) is 57.6 Å². The van der Waals surface area contributed by atoms with E-state index in [1.807, 2.05) is 14.1 Å². The molecule has 1 aromatic rings. The van der Waals surface area contributed by atoms with E-state index in [0.717, 1.165) is 24.9 Å². The van der Waals surface area contributed by atoms with Gasteiger partial charge in [0.2, 0.25) is 0 Å². The third-order valence-corrected chi connectivity index (χ3v) is 3.87. The first kappa shape index (κ1) is 14.4. The average Bonchev–Trinajstić information content (AvgIpc) is 2.40. The summed E-state index contributed by atoms with van der Waals surface area (Å²) in [7, 11) is 3.96. The van der Waals surface area contributed by atoms with Crippen molar-refractivity contribution in [2.45, 2.75) is 37.8 Å². The maximum atomic E-state index is 13.4. The summed E-state index contributed by atoms with van der Waals surface area (Å²) >= 11 is 0. The van der Waals surface area contributed by atoms with Crippen molar-refractivity contribution < 1.29 is 8.78 Å². The predicted molar refractivity (Wildman–Crippen MR) is 73.0 cm³/mol. The zero-order valence-electron chi connectivity index (χ0n) is 11.6. The topological polar surface area (TPSA) is 15.3 Å². The third-order valence-electron chi connectivity index (χ3n) is 3.87. The van der Waals surface area contributed by atoms with Gasteiger partial charge in [-0.3, -0.25) is 0 Å². The van der Waals surface area contributed by atoms with Crippen molar-refractivity contribution in [1.82, 2.24) is 10.2 Å². The summed E-state index contributed by atoms with van der Waals surface area (Å²) in [5.74, 6) is -1.54. The molecule has 0 aromatic heterocycles. The molecule has 1 fully saturated rings. The van der Waals surface area contributed by atoms with Gasteiger partial charge in [0.25, 0.3) is 0 Å². The number of hydrogen-bond donors (Lipinski definition) is 1. The van der Waals surface area contributed by atoms with Gasteiger partial charge in [0.05, 0.1) is 0 Å². The molecule has 2 atom stereocenters. The second-order valence-electron chi connectivity index (χ2n) is 5.54. The van der Waals surface area contributed by atoms with Gasteiger partial charge in [0.15, 0.2) is 11.6 Å². The van der Waals surface area contributed by atoms with Crippen LogP contribution >= 0.6 is 0 Å². The molecule has 2 nitrogen and oxygen atoms in total. The molecule has 1 N–H and O–H groups in total. The lowest BCUT2D eigenvalue weighted by Gasteiger charge is -2.31. The average molecular weight is 268 g/mol. The number of hydrogen-bond acceptors (Lipinski definition) is 2. The summed E-state index contributed by atoms with van der Waals surface area (Å²) < 4.78 is 26.4. The first-order valence-corrected chi connectivity index (χ1v) is 6.92. The van der Waals surface area contributed by atoms with Crippen molar-refractivity contribution in [2.24, 2.45) is 0 Å². The highest BCUT2D eigenvalue weighted by Gasteiger charge is 2.22. The second-order valence-corrected chi connectivity index (χ2v) is 5.54. The van der Waals surface area contributed by atoms with Gasteiger partial charge in [-0.15, -0.1) is 0 Å². The van der Waals surface area contributed by atoms with Crippen LogP contribution in [0.15, 0.2) is 18.2 Å². The molecule has 0 saturated carbocycles. The van der Waals surface area contributed by atoms with E-state index in [9.17, 15) is 8.78 Å². The lowest BCUT2D eigenvalue weighted by Crippen LogP contribution is -2.37. The van der Waals surface area contributed by atoms with E-state index >= 15 is 0 Å². The monoisotopic (exact) mass is 268 g/mol. The first-order valence-electron chi connectivity index (χ1n) is 6.92. The quantitative estimate of drug-likeness (QED) is 0.902. The Morgan fingerprint density at radius 1 is 1.26 bits per heavy atom. The fraction of sp³-hybridized carbons (Fsp3) is 0.600. The van der Waals surface area contributed by atoms with Crippen molar-refractivity contribution in [1.29, 1.82) is 0 Å². The van der Waals surface area contributed by atoms with Gasteiger partial charge >= 0.3 is 0 Å². The highest BCUT2D eigenvalue weighted by molar-refractivity contribution is 5.21. The van der Waals surface area contributed by atoms with Crippen molar-refractivity contribution >= 4 is 0 Å². The molecule has 1 aliphatic heterocycles. The second kappa shape index (κ2) is 6.44. The van der Waals surface area contributed by atoms with Gasteiger partial charge in [0, 0.05) is 12.1 Å². The van der Waals surface area contributed by atoms with E-state index in [-0.39, 0.29) is 6.04 Å². The number of benzene rings is 1. The van der Waals surface area contributed by atoms with E-state index in [1.165, 1.54) is 25.0 Å². The first-order chi connectivity index (χ1) is 9.08. The molecule has 1 saturated heterocycles. The smallest absolute Gasteiger partial charge is 0.159 e. The summed E-state index contributed by atoms with van der Waals surface area (Å²) in [6.45, 7) is 1.06. The Bertz CT molecular complexity index is 415. The number of halogens is 2. The third kappa shape index (κ3) is 3.74. The van der Waals surface area contributed by atoms with Crippen LogP contribution < -0.4 is 5.32 Å². The van der Waals surface area contributed by atoms with Crippen LogP contribution in [0.25, 0.3) is 0 Å². The minimum absolute atomic E-state index is 0.116. The number of nitrogens with one attached hydrogen (secondary N) is 1. The van der Waals surface area contributed by atoms with E-state index in [4.69, 9.17) is 0 Å². The summed E-state index contributed by atoms with van der Waals surface area (Å²) in [6.07, 6.45) is 4.57. The van der Waals surface area contributed by atoms with Crippen molar-refractivity contribution in [2.75, 3.05) is 20.6 Å². The van der Waals surface area contributed by atoms with Crippen LogP contribution in [0.5, 0.6) is 0 Å². The van der Waals surface area contributed by atoms with E-state index in [2.05, 4.69) is 10.2 Å². The van der Waals surface area contributed by atoms with Crippen LogP contribution in [-0.2, 0) is 0 Å². The van der Waals surface area contributed by atoms with Crippen LogP contribution in [-0.4, -0.2) is 31.6 Å². The molecule has 4 heteroatoms. The lowest BCUT2D eigenvalue weighted by atomic mass is 9.93. The molecule has 0 aliphatic carbocycles. The number of rotatable bonds is 4. The molecule has 0 bridgehead atoms. The van der Waals surface area contributed by atoms with E-state index in [1.54, 1.807) is 6.07 Å². The van der Waals surface area contributed by atoms with Gasteiger partial charge < -0.3 is 10.2 Å². The van der Waals surface area contributed by atoms with Gasteiger partial charge in [0.1, 0.15) is 0 Å². The van der Waals surface area contributed by atoms with Crippen LogP contribution in [0.1, 0.15) is 37.3 Å². The SMILES string of the molecule is CN(C)C(CC1CCCCN1)c1ccc(F)c(F)c1. The fourth-order valence-electron chi connectivity index (χ4n) is 2.76. The molecular formula is C15H22F2N2. The molecule has 1 aliphatic rings. The van der Waals surface area contributed by atoms with Crippen molar-refractivity contribution in [3.05, 3.63) is 35.4 Å². The molecule has 19 heavy (non-hydrogen) atoms. The zero-order chi connectivity index (χ0) is 13.8. The number of piperidine rings is 1. The molecule has 0 radical (unpaired) electrons. The van der Waals surface area contributed by atoms with Crippen molar-refractivity contribution in [3.8, 4) is 0 Å². The zero-order valence-corrected chi connectivity index (χ0v) is 11.6. The van der Waals surface area contributed by atoms with Crippen LogP contribution in [0, 0.1) is 11.6 Å². The molecule has 0 spiro atoms.